The van der Waals surface area contributed by atoms with Gasteiger partial charge in [0.2, 0.25) is 5.91 Å². The minimum atomic E-state index is -1.45. The number of carbonyl (C=O) groups excluding carboxylic acids is 2. The van der Waals surface area contributed by atoms with Gasteiger partial charge in [-0.2, -0.15) is 0 Å². The van der Waals surface area contributed by atoms with Crippen LogP contribution in [-0.4, -0.2) is 82.4 Å². The highest BCUT2D eigenvalue weighted by Gasteiger charge is 2.26. The zero-order chi connectivity index (χ0) is 34.6. The maximum atomic E-state index is 13.2. The Hall–Kier alpha value is -1.18. The second-order valence-corrected chi connectivity index (χ2v) is 14.1. The number of unbranched alkanes of at least 4 members (excludes halogenated alkanes) is 26. The fourth-order valence-electron chi connectivity index (χ4n) is 6.52. The normalized spacial score (nSPS) is 12.0. The van der Waals surface area contributed by atoms with Crippen LogP contribution in [0.5, 0.6) is 0 Å². The molecule has 0 fully saturated rings. The quantitative estimate of drug-likeness (QED) is 0.0573. The minimum Gasteiger partial charge on any atom is -0.395 e. The number of hydrogen-bond acceptors (Lipinski definition) is 5. The molecular weight excluding hydrogens is 588 g/mol. The van der Waals surface area contributed by atoms with E-state index in [0.717, 1.165) is 25.7 Å². The van der Waals surface area contributed by atoms with Crippen LogP contribution in [-0.2, 0) is 9.59 Å². The van der Waals surface area contributed by atoms with Crippen LogP contribution in [0, 0.1) is 0 Å². The molecule has 7 heteroatoms. The molecule has 0 rings (SSSR count). The van der Waals surface area contributed by atoms with Gasteiger partial charge < -0.3 is 25.1 Å². The van der Waals surface area contributed by atoms with Crippen molar-refractivity contribution >= 4 is 11.8 Å². The van der Waals surface area contributed by atoms with E-state index in [1.54, 1.807) is 0 Å². The van der Waals surface area contributed by atoms with Gasteiger partial charge in [-0.1, -0.05) is 181 Å². The molecule has 280 valence electrons. The third-order valence-corrected chi connectivity index (χ3v) is 9.62. The van der Waals surface area contributed by atoms with Gasteiger partial charge in [-0.15, -0.1) is 0 Å². The Labute approximate surface area is 291 Å². The topological polar surface area (TPSA) is 101 Å². The second kappa shape index (κ2) is 36.1. The Kier molecular flexibility index (Phi) is 35.2. The van der Waals surface area contributed by atoms with E-state index in [2.05, 4.69) is 13.8 Å². The molecule has 0 aliphatic heterocycles. The Balaban J connectivity index is 4.38. The molecule has 0 aliphatic rings. The van der Waals surface area contributed by atoms with Gasteiger partial charge in [0.15, 0.2) is 0 Å². The van der Waals surface area contributed by atoms with E-state index in [0.29, 0.717) is 13.1 Å². The first kappa shape index (κ1) is 45.8. The lowest BCUT2D eigenvalue weighted by atomic mass is 10.0. The van der Waals surface area contributed by atoms with Gasteiger partial charge in [0.1, 0.15) is 6.10 Å². The standard InChI is InChI=1S/C40H80N2O5/c1-3-5-7-9-11-13-15-17-19-21-23-25-27-29-31-41(39(46)37-38(45)40(47)42(33-35-43)34-36-44)32-30-28-26-24-22-20-18-16-14-12-10-8-6-4-2/h38,43-45H,3-37H2,1-2H3. The van der Waals surface area contributed by atoms with Crippen molar-refractivity contribution in [2.45, 2.75) is 206 Å². The first-order valence-electron chi connectivity index (χ1n) is 20.5. The summed E-state index contributed by atoms with van der Waals surface area (Å²) in [5.74, 6) is -0.780. The van der Waals surface area contributed by atoms with Crippen molar-refractivity contribution in [3.05, 3.63) is 0 Å². The molecule has 7 nitrogen and oxygen atoms in total. The van der Waals surface area contributed by atoms with Crippen LogP contribution in [0.4, 0.5) is 0 Å². The van der Waals surface area contributed by atoms with Gasteiger partial charge in [0, 0.05) is 26.2 Å². The van der Waals surface area contributed by atoms with E-state index in [1.165, 1.54) is 159 Å². The molecule has 1 unspecified atom stereocenters. The van der Waals surface area contributed by atoms with Gasteiger partial charge in [-0.3, -0.25) is 9.59 Å². The zero-order valence-electron chi connectivity index (χ0n) is 31.4. The van der Waals surface area contributed by atoms with E-state index in [-0.39, 0.29) is 38.6 Å². The van der Waals surface area contributed by atoms with Gasteiger partial charge in [0.05, 0.1) is 19.6 Å². The third-order valence-electron chi connectivity index (χ3n) is 9.62. The average Bonchev–Trinajstić information content (AvgIpc) is 3.07. The van der Waals surface area contributed by atoms with Crippen molar-refractivity contribution in [2.24, 2.45) is 0 Å². The summed E-state index contributed by atoms with van der Waals surface area (Å²) in [5, 5.41) is 29.0. The Bertz CT molecular complexity index is 639. The monoisotopic (exact) mass is 669 g/mol. The predicted octanol–water partition coefficient (Wildman–Crippen LogP) is 9.34. The molecule has 0 aromatic heterocycles. The lowest BCUT2D eigenvalue weighted by Crippen LogP contribution is -2.45. The molecule has 0 aliphatic carbocycles. The summed E-state index contributed by atoms with van der Waals surface area (Å²) in [6, 6.07) is 0. The molecular formula is C40H80N2O5. The summed E-state index contributed by atoms with van der Waals surface area (Å²) in [7, 11) is 0. The van der Waals surface area contributed by atoms with Crippen LogP contribution < -0.4 is 0 Å². The fraction of sp³-hybridized carbons (Fsp3) is 0.950. The molecule has 1 atom stereocenters. The van der Waals surface area contributed by atoms with Crippen LogP contribution in [0.2, 0.25) is 0 Å². The summed E-state index contributed by atoms with van der Waals surface area (Å²) in [6.07, 6.45) is 34.5. The SMILES string of the molecule is CCCCCCCCCCCCCCCCN(CCCCCCCCCCCCCCCC)C(=O)CC(O)C(=O)N(CCO)CCO. The minimum absolute atomic E-state index is 0.0342. The maximum absolute atomic E-state index is 13.2. The lowest BCUT2D eigenvalue weighted by Gasteiger charge is -2.26. The smallest absolute Gasteiger partial charge is 0.252 e. The third kappa shape index (κ3) is 29.5. The first-order valence-corrected chi connectivity index (χ1v) is 20.5. The number of aliphatic hydroxyl groups excluding tert-OH is 3. The molecule has 2 amide bonds. The molecule has 0 saturated carbocycles. The van der Waals surface area contributed by atoms with Gasteiger partial charge in [0.25, 0.3) is 5.91 Å². The van der Waals surface area contributed by atoms with Gasteiger partial charge in [-0.05, 0) is 12.8 Å². The summed E-state index contributed by atoms with van der Waals surface area (Å²) >= 11 is 0. The van der Waals surface area contributed by atoms with Crippen molar-refractivity contribution in [1.29, 1.82) is 0 Å². The highest BCUT2D eigenvalue weighted by Crippen LogP contribution is 2.16. The number of nitrogens with zero attached hydrogens (tertiary/aromatic N) is 2. The van der Waals surface area contributed by atoms with Crippen molar-refractivity contribution in [1.82, 2.24) is 9.80 Å². The van der Waals surface area contributed by atoms with Crippen molar-refractivity contribution in [2.75, 3.05) is 39.4 Å². The van der Waals surface area contributed by atoms with Gasteiger partial charge in [-0.25, -0.2) is 0 Å². The zero-order valence-corrected chi connectivity index (χ0v) is 31.4. The second-order valence-electron chi connectivity index (χ2n) is 14.1. The average molecular weight is 669 g/mol. The van der Waals surface area contributed by atoms with Crippen LogP contribution in [0.15, 0.2) is 0 Å². The summed E-state index contributed by atoms with van der Waals surface area (Å²) < 4.78 is 0. The number of aliphatic hydroxyl groups is 3. The van der Waals surface area contributed by atoms with Crippen molar-refractivity contribution in [3.63, 3.8) is 0 Å². The van der Waals surface area contributed by atoms with Gasteiger partial charge >= 0.3 is 0 Å². The number of hydrogen-bond donors (Lipinski definition) is 3. The maximum Gasteiger partial charge on any atom is 0.252 e. The van der Waals surface area contributed by atoms with E-state index in [4.69, 9.17) is 0 Å². The Morgan fingerprint density at radius 1 is 0.426 bits per heavy atom. The molecule has 0 heterocycles. The number of carbonyl (C=O) groups is 2. The molecule has 3 N–H and O–H groups in total. The Morgan fingerprint density at radius 3 is 0.979 bits per heavy atom. The largest absolute Gasteiger partial charge is 0.395 e. The molecule has 0 radical (unpaired) electrons. The number of amides is 2. The number of rotatable bonds is 37. The van der Waals surface area contributed by atoms with Crippen LogP contribution in [0.1, 0.15) is 200 Å². The molecule has 0 spiro atoms. The van der Waals surface area contributed by atoms with E-state index in [1.807, 2.05) is 4.90 Å². The van der Waals surface area contributed by atoms with Crippen molar-refractivity contribution in [3.8, 4) is 0 Å². The lowest BCUT2D eigenvalue weighted by molar-refractivity contribution is -0.146. The highest BCUT2D eigenvalue weighted by atomic mass is 16.3. The predicted molar refractivity (Wildman–Crippen MR) is 199 cm³/mol. The van der Waals surface area contributed by atoms with Crippen LogP contribution in [0.3, 0.4) is 0 Å². The molecule has 47 heavy (non-hydrogen) atoms. The highest BCUT2D eigenvalue weighted by molar-refractivity contribution is 5.87. The first-order chi connectivity index (χ1) is 23.0. The van der Waals surface area contributed by atoms with Crippen molar-refractivity contribution < 1.29 is 24.9 Å². The molecule has 0 bridgehead atoms. The van der Waals surface area contributed by atoms with Crippen LogP contribution in [0.25, 0.3) is 0 Å². The molecule has 0 aromatic carbocycles. The van der Waals surface area contributed by atoms with Crippen LogP contribution >= 0.6 is 0 Å². The summed E-state index contributed by atoms with van der Waals surface area (Å²) in [5.41, 5.74) is 0. The molecule has 0 aromatic rings. The van der Waals surface area contributed by atoms with E-state index in [9.17, 15) is 24.9 Å². The fourth-order valence-corrected chi connectivity index (χ4v) is 6.52. The summed E-state index contributed by atoms with van der Waals surface area (Å²) in [4.78, 5) is 29.0. The van der Waals surface area contributed by atoms with E-state index >= 15 is 0 Å². The Morgan fingerprint density at radius 2 is 0.702 bits per heavy atom. The summed E-state index contributed by atoms with van der Waals surface area (Å²) in [6.45, 7) is 5.45. The van der Waals surface area contributed by atoms with E-state index < -0.39 is 12.0 Å². The molecule has 0 saturated heterocycles.